The lowest BCUT2D eigenvalue weighted by molar-refractivity contribution is -0.116. The van der Waals surface area contributed by atoms with E-state index in [2.05, 4.69) is 10.4 Å². The molecule has 0 radical (unpaired) electrons. The Kier molecular flexibility index (Phi) is 3.26. The summed E-state index contributed by atoms with van der Waals surface area (Å²) in [6.07, 6.45) is 2.30. The van der Waals surface area contributed by atoms with E-state index in [1.165, 1.54) is 0 Å². The summed E-state index contributed by atoms with van der Waals surface area (Å²) in [5.74, 6) is 0.888. The fraction of sp³-hybridized carbons (Fsp3) is 0.333. The molecule has 4 nitrogen and oxygen atoms in total. The standard InChI is InChI=1S/C15H16ClN3O/c1-9(2)19-15-13(8-17-19)12(7-14(20)18-15)10-3-5-11(16)6-4-10/h3-6,8-9,12H,7H2,1-2H3,(H,18,20)/t12-/m0/s1. The molecule has 1 amide bonds. The van der Waals surface area contributed by atoms with Crippen molar-refractivity contribution in [2.45, 2.75) is 32.2 Å². The van der Waals surface area contributed by atoms with Crippen LogP contribution in [0.25, 0.3) is 0 Å². The van der Waals surface area contributed by atoms with Crippen LogP contribution < -0.4 is 5.32 Å². The number of anilines is 1. The molecule has 104 valence electrons. The van der Waals surface area contributed by atoms with Gasteiger partial charge in [0, 0.05) is 29.0 Å². The highest BCUT2D eigenvalue weighted by atomic mass is 35.5. The molecule has 1 N–H and O–H groups in total. The molecule has 5 heteroatoms. The molecule has 0 aliphatic carbocycles. The summed E-state index contributed by atoms with van der Waals surface area (Å²) < 4.78 is 1.86. The molecule has 1 aromatic carbocycles. The SMILES string of the molecule is CC(C)n1ncc2c1NC(=O)C[C@H]2c1ccc(Cl)cc1. The van der Waals surface area contributed by atoms with Crippen molar-refractivity contribution in [1.29, 1.82) is 0 Å². The smallest absolute Gasteiger partial charge is 0.226 e. The van der Waals surface area contributed by atoms with Crippen molar-refractivity contribution >= 4 is 23.3 Å². The van der Waals surface area contributed by atoms with Gasteiger partial charge < -0.3 is 5.32 Å². The first-order chi connectivity index (χ1) is 9.56. The van der Waals surface area contributed by atoms with Crippen LogP contribution in [0.1, 0.15) is 43.4 Å². The van der Waals surface area contributed by atoms with Crippen molar-refractivity contribution in [2.24, 2.45) is 0 Å². The van der Waals surface area contributed by atoms with E-state index in [4.69, 9.17) is 11.6 Å². The number of nitrogens with zero attached hydrogens (tertiary/aromatic N) is 2. The van der Waals surface area contributed by atoms with Gasteiger partial charge in [0.05, 0.1) is 6.20 Å². The van der Waals surface area contributed by atoms with E-state index in [0.717, 1.165) is 16.9 Å². The lowest BCUT2D eigenvalue weighted by atomic mass is 9.87. The molecule has 0 saturated heterocycles. The minimum atomic E-state index is 0.0276. The molecule has 20 heavy (non-hydrogen) atoms. The molecule has 1 aliphatic heterocycles. The summed E-state index contributed by atoms with van der Waals surface area (Å²) in [6, 6.07) is 7.87. The maximum Gasteiger partial charge on any atom is 0.226 e. The van der Waals surface area contributed by atoms with Crippen molar-refractivity contribution in [3.63, 3.8) is 0 Å². The number of carbonyl (C=O) groups excluding carboxylic acids is 1. The average molecular weight is 290 g/mol. The minimum absolute atomic E-state index is 0.0276. The number of hydrogen-bond acceptors (Lipinski definition) is 2. The Bertz CT molecular complexity index is 646. The first-order valence-corrected chi connectivity index (χ1v) is 7.06. The van der Waals surface area contributed by atoms with Crippen molar-refractivity contribution in [3.8, 4) is 0 Å². The predicted octanol–water partition coefficient (Wildman–Crippen LogP) is 3.59. The summed E-state index contributed by atoms with van der Waals surface area (Å²) >= 11 is 5.93. The normalized spacial score (nSPS) is 18.0. The van der Waals surface area contributed by atoms with Gasteiger partial charge in [-0.3, -0.25) is 4.79 Å². The van der Waals surface area contributed by atoms with Gasteiger partial charge in [-0.05, 0) is 31.5 Å². The van der Waals surface area contributed by atoms with Crippen LogP contribution in [0, 0.1) is 0 Å². The van der Waals surface area contributed by atoms with E-state index in [-0.39, 0.29) is 17.9 Å². The molecule has 2 heterocycles. The van der Waals surface area contributed by atoms with Crippen LogP contribution in [-0.4, -0.2) is 15.7 Å². The maximum atomic E-state index is 12.0. The number of fused-ring (bicyclic) bond motifs is 1. The first-order valence-electron chi connectivity index (χ1n) is 6.69. The van der Waals surface area contributed by atoms with E-state index >= 15 is 0 Å². The molecule has 0 unspecified atom stereocenters. The lowest BCUT2D eigenvalue weighted by Crippen LogP contribution is -2.25. The summed E-state index contributed by atoms with van der Waals surface area (Å²) in [6.45, 7) is 4.09. The van der Waals surface area contributed by atoms with Crippen LogP contribution in [0.4, 0.5) is 5.82 Å². The molecule has 3 rings (SSSR count). The molecule has 0 saturated carbocycles. The van der Waals surface area contributed by atoms with Crippen LogP contribution in [0.5, 0.6) is 0 Å². The molecule has 0 bridgehead atoms. The summed E-state index contributed by atoms with van der Waals surface area (Å²) in [4.78, 5) is 12.0. The highest BCUT2D eigenvalue weighted by molar-refractivity contribution is 6.30. The Balaban J connectivity index is 2.06. The van der Waals surface area contributed by atoms with Crippen LogP contribution in [-0.2, 0) is 4.79 Å². The Morgan fingerprint density at radius 2 is 2.05 bits per heavy atom. The number of carbonyl (C=O) groups is 1. The van der Waals surface area contributed by atoms with Gasteiger partial charge in [0.2, 0.25) is 5.91 Å². The zero-order valence-electron chi connectivity index (χ0n) is 11.4. The Hall–Kier alpha value is -1.81. The molecule has 1 atom stereocenters. The Morgan fingerprint density at radius 1 is 1.35 bits per heavy atom. The van der Waals surface area contributed by atoms with Crippen molar-refractivity contribution in [3.05, 3.63) is 46.6 Å². The third-order valence-corrected chi connectivity index (χ3v) is 3.86. The predicted molar refractivity (Wildman–Crippen MR) is 79.2 cm³/mol. The van der Waals surface area contributed by atoms with Gasteiger partial charge in [-0.1, -0.05) is 23.7 Å². The van der Waals surface area contributed by atoms with E-state index in [1.807, 2.05) is 49.0 Å². The number of benzene rings is 1. The molecule has 0 spiro atoms. The maximum absolute atomic E-state index is 12.0. The van der Waals surface area contributed by atoms with Crippen LogP contribution in [0.2, 0.25) is 5.02 Å². The van der Waals surface area contributed by atoms with Gasteiger partial charge in [-0.25, -0.2) is 4.68 Å². The van der Waals surface area contributed by atoms with E-state index in [1.54, 1.807) is 0 Å². The molecule has 2 aromatic rings. The zero-order valence-corrected chi connectivity index (χ0v) is 12.2. The number of aromatic nitrogens is 2. The second-order valence-electron chi connectivity index (χ2n) is 5.34. The van der Waals surface area contributed by atoms with Crippen LogP contribution in [0.3, 0.4) is 0 Å². The average Bonchev–Trinajstić information content (AvgIpc) is 2.82. The fourth-order valence-electron chi connectivity index (χ4n) is 2.62. The first kappa shape index (κ1) is 13.2. The van der Waals surface area contributed by atoms with Gasteiger partial charge >= 0.3 is 0 Å². The summed E-state index contributed by atoms with van der Waals surface area (Å²) in [7, 11) is 0. The molecule has 1 aromatic heterocycles. The third kappa shape index (κ3) is 2.20. The number of rotatable bonds is 2. The van der Waals surface area contributed by atoms with Crippen LogP contribution >= 0.6 is 11.6 Å². The summed E-state index contributed by atoms with van der Waals surface area (Å²) in [5.41, 5.74) is 2.16. The number of halogens is 1. The highest BCUT2D eigenvalue weighted by Gasteiger charge is 2.30. The van der Waals surface area contributed by atoms with Gasteiger partial charge in [0.15, 0.2) is 0 Å². The van der Waals surface area contributed by atoms with Crippen molar-refractivity contribution < 1.29 is 4.79 Å². The van der Waals surface area contributed by atoms with E-state index in [9.17, 15) is 4.79 Å². The lowest BCUT2D eigenvalue weighted by Gasteiger charge is -2.24. The van der Waals surface area contributed by atoms with E-state index < -0.39 is 0 Å². The monoisotopic (exact) mass is 289 g/mol. The third-order valence-electron chi connectivity index (χ3n) is 3.61. The quantitative estimate of drug-likeness (QED) is 0.918. The second-order valence-corrected chi connectivity index (χ2v) is 5.78. The largest absolute Gasteiger partial charge is 0.311 e. The van der Waals surface area contributed by atoms with Gasteiger partial charge in [-0.2, -0.15) is 5.10 Å². The number of hydrogen-bond donors (Lipinski definition) is 1. The molecular formula is C15H16ClN3O. The molecular weight excluding hydrogens is 274 g/mol. The van der Waals surface area contributed by atoms with Crippen molar-refractivity contribution in [1.82, 2.24) is 9.78 Å². The summed E-state index contributed by atoms with van der Waals surface area (Å²) in [5, 5.41) is 8.04. The van der Waals surface area contributed by atoms with Crippen LogP contribution in [0.15, 0.2) is 30.5 Å². The number of nitrogens with one attached hydrogen (secondary N) is 1. The van der Waals surface area contributed by atoms with Gasteiger partial charge in [-0.15, -0.1) is 0 Å². The zero-order chi connectivity index (χ0) is 14.3. The molecule has 1 aliphatic rings. The fourth-order valence-corrected chi connectivity index (χ4v) is 2.75. The number of amides is 1. The Labute approximate surface area is 122 Å². The van der Waals surface area contributed by atoms with Gasteiger partial charge in [0.1, 0.15) is 5.82 Å². The Morgan fingerprint density at radius 3 is 2.70 bits per heavy atom. The van der Waals surface area contributed by atoms with Gasteiger partial charge in [0.25, 0.3) is 0 Å². The topological polar surface area (TPSA) is 46.9 Å². The van der Waals surface area contributed by atoms with Crippen molar-refractivity contribution in [2.75, 3.05) is 5.32 Å². The minimum Gasteiger partial charge on any atom is -0.311 e. The molecule has 0 fully saturated rings. The second kappa shape index (κ2) is 4.94. The highest BCUT2D eigenvalue weighted by Crippen LogP contribution is 2.38. The van der Waals surface area contributed by atoms with E-state index in [0.29, 0.717) is 11.4 Å².